The molecule has 2 N–H and O–H groups in total. The molecule has 2 saturated heterocycles. The Morgan fingerprint density at radius 1 is 1.47 bits per heavy atom. The summed E-state index contributed by atoms with van der Waals surface area (Å²) >= 11 is 0. The fraction of sp³-hybridized carbons (Fsp3) is 0.846. The van der Waals surface area contributed by atoms with Gasteiger partial charge in [-0.1, -0.05) is 13.8 Å². The Hall–Kier alpha value is -0.810. The number of nitrogens with one attached hydrogen (secondary N) is 2. The third-order valence-electron chi connectivity index (χ3n) is 3.75. The zero-order chi connectivity index (χ0) is 13.1. The maximum absolute atomic E-state index is 12.3. The summed E-state index contributed by atoms with van der Waals surface area (Å²) in [7, 11) is 0. The smallest absolute Gasteiger partial charge is 0.243 e. The van der Waals surface area contributed by atoms with Crippen LogP contribution in [0.4, 0.5) is 0 Å². The first kappa shape index (κ1) is 16.2. The van der Waals surface area contributed by atoms with Crippen molar-refractivity contribution in [2.24, 2.45) is 5.92 Å². The van der Waals surface area contributed by atoms with Gasteiger partial charge < -0.3 is 15.5 Å². The molecule has 0 aromatic rings. The summed E-state index contributed by atoms with van der Waals surface area (Å²) in [5, 5.41) is 6.29. The molecule has 110 valence electrons. The van der Waals surface area contributed by atoms with Crippen molar-refractivity contribution in [1.82, 2.24) is 15.5 Å². The van der Waals surface area contributed by atoms with Crippen molar-refractivity contribution in [1.29, 1.82) is 0 Å². The van der Waals surface area contributed by atoms with Crippen LogP contribution in [-0.4, -0.2) is 48.4 Å². The molecule has 0 aromatic carbocycles. The normalized spacial score (nSPS) is 24.5. The van der Waals surface area contributed by atoms with E-state index in [9.17, 15) is 9.59 Å². The Morgan fingerprint density at radius 3 is 2.68 bits per heavy atom. The maximum Gasteiger partial charge on any atom is 0.243 e. The third-order valence-corrected chi connectivity index (χ3v) is 3.75. The molecule has 0 spiro atoms. The van der Waals surface area contributed by atoms with Crippen molar-refractivity contribution in [3.05, 3.63) is 0 Å². The number of carbonyl (C=O) groups excluding carboxylic acids is 2. The second-order valence-corrected chi connectivity index (χ2v) is 5.58. The molecule has 0 aromatic heterocycles. The Bertz CT molecular complexity index is 330. The van der Waals surface area contributed by atoms with Gasteiger partial charge in [0.15, 0.2) is 0 Å². The minimum Gasteiger partial charge on any atom is -0.350 e. The van der Waals surface area contributed by atoms with Gasteiger partial charge in [-0.3, -0.25) is 9.59 Å². The highest BCUT2D eigenvalue weighted by molar-refractivity contribution is 5.89. The van der Waals surface area contributed by atoms with Crippen LogP contribution in [-0.2, 0) is 9.59 Å². The van der Waals surface area contributed by atoms with Crippen molar-refractivity contribution in [2.45, 2.75) is 45.2 Å². The van der Waals surface area contributed by atoms with E-state index in [-0.39, 0.29) is 42.2 Å². The molecule has 2 aliphatic heterocycles. The molecule has 19 heavy (non-hydrogen) atoms. The fourth-order valence-electron chi connectivity index (χ4n) is 2.83. The SMILES string of the molecule is CC(C)C(C(=O)NC1CCNC1)N1CCCC1=O.Cl. The predicted molar refractivity (Wildman–Crippen MR) is 76.2 cm³/mol. The van der Waals surface area contributed by atoms with E-state index in [1.54, 1.807) is 4.90 Å². The molecule has 2 atom stereocenters. The topological polar surface area (TPSA) is 61.4 Å². The van der Waals surface area contributed by atoms with Gasteiger partial charge in [0, 0.05) is 25.6 Å². The first-order valence-electron chi connectivity index (χ1n) is 6.90. The maximum atomic E-state index is 12.3. The molecule has 2 heterocycles. The minimum atomic E-state index is -0.305. The van der Waals surface area contributed by atoms with Crippen molar-refractivity contribution in [3.8, 4) is 0 Å². The van der Waals surface area contributed by atoms with Crippen LogP contribution in [0.2, 0.25) is 0 Å². The minimum absolute atomic E-state index is 0. The van der Waals surface area contributed by atoms with Crippen molar-refractivity contribution in [3.63, 3.8) is 0 Å². The predicted octanol–water partition coefficient (Wildman–Crippen LogP) is 0.533. The highest BCUT2D eigenvalue weighted by Crippen LogP contribution is 2.19. The number of amides is 2. The van der Waals surface area contributed by atoms with Crippen LogP contribution in [0.5, 0.6) is 0 Å². The van der Waals surface area contributed by atoms with Crippen molar-refractivity contribution in [2.75, 3.05) is 19.6 Å². The molecule has 2 unspecified atom stereocenters. The summed E-state index contributed by atoms with van der Waals surface area (Å²) in [6.07, 6.45) is 2.44. The zero-order valence-corrected chi connectivity index (χ0v) is 12.5. The Balaban J connectivity index is 0.00000180. The number of carbonyl (C=O) groups is 2. The summed E-state index contributed by atoms with van der Waals surface area (Å²) in [6.45, 7) is 6.52. The summed E-state index contributed by atoms with van der Waals surface area (Å²) < 4.78 is 0. The summed E-state index contributed by atoms with van der Waals surface area (Å²) in [5.41, 5.74) is 0. The molecule has 0 radical (unpaired) electrons. The standard InChI is InChI=1S/C13H23N3O2.ClH/c1-9(2)12(16-7-3-4-11(16)17)13(18)15-10-5-6-14-8-10;/h9-10,12,14H,3-8H2,1-2H3,(H,15,18);1H. The molecule has 0 aliphatic carbocycles. The molecule has 6 heteroatoms. The van der Waals surface area contributed by atoms with E-state index in [0.717, 1.165) is 32.5 Å². The lowest BCUT2D eigenvalue weighted by Crippen LogP contribution is -2.53. The van der Waals surface area contributed by atoms with Crippen LogP contribution < -0.4 is 10.6 Å². The second kappa shape index (κ2) is 7.10. The Kier molecular flexibility index (Phi) is 6.07. The van der Waals surface area contributed by atoms with Gasteiger partial charge in [0.2, 0.25) is 11.8 Å². The number of nitrogens with zero attached hydrogens (tertiary/aromatic N) is 1. The number of hydrogen-bond acceptors (Lipinski definition) is 3. The van der Waals surface area contributed by atoms with Crippen LogP contribution in [0.1, 0.15) is 33.1 Å². The molecule has 2 rings (SSSR count). The lowest BCUT2D eigenvalue weighted by atomic mass is 10.0. The Morgan fingerprint density at radius 2 is 2.21 bits per heavy atom. The average molecular weight is 290 g/mol. The quantitative estimate of drug-likeness (QED) is 0.794. The van der Waals surface area contributed by atoms with E-state index in [0.29, 0.717) is 6.42 Å². The molecule has 0 bridgehead atoms. The van der Waals surface area contributed by atoms with E-state index in [4.69, 9.17) is 0 Å². The van der Waals surface area contributed by atoms with E-state index < -0.39 is 0 Å². The number of hydrogen-bond donors (Lipinski definition) is 2. The summed E-state index contributed by atoms with van der Waals surface area (Å²) in [4.78, 5) is 25.9. The van der Waals surface area contributed by atoms with Crippen LogP contribution in [0, 0.1) is 5.92 Å². The number of likely N-dealkylation sites (tertiary alicyclic amines) is 1. The van der Waals surface area contributed by atoms with Crippen LogP contribution in [0.25, 0.3) is 0 Å². The van der Waals surface area contributed by atoms with Gasteiger partial charge in [-0.05, 0) is 25.3 Å². The monoisotopic (exact) mass is 289 g/mol. The highest BCUT2D eigenvalue weighted by Gasteiger charge is 2.35. The first-order chi connectivity index (χ1) is 8.59. The Labute approximate surface area is 120 Å². The molecular weight excluding hydrogens is 266 g/mol. The van der Waals surface area contributed by atoms with Gasteiger partial charge in [-0.2, -0.15) is 0 Å². The second-order valence-electron chi connectivity index (χ2n) is 5.58. The summed E-state index contributed by atoms with van der Waals surface area (Å²) in [5.74, 6) is 0.281. The number of halogens is 1. The van der Waals surface area contributed by atoms with Crippen molar-refractivity contribution < 1.29 is 9.59 Å². The number of rotatable bonds is 4. The van der Waals surface area contributed by atoms with E-state index in [1.807, 2.05) is 13.8 Å². The van der Waals surface area contributed by atoms with Crippen molar-refractivity contribution >= 4 is 24.2 Å². The van der Waals surface area contributed by atoms with E-state index >= 15 is 0 Å². The molecular formula is C13H24ClN3O2. The zero-order valence-electron chi connectivity index (χ0n) is 11.6. The van der Waals surface area contributed by atoms with Crippen LogP contribution in [0.15, 0.2) is 0 Å². The first-order valence-corrected chi connectivity index (χ1v) is 6.90. The van der Waals surface area contributed by atoms with Gasteiger partial charge >= 0.3 is 0 Å². The van der Waals surface area contributed by atoms with Gasteiger partial charge in [0.1, 0.15) is 6.04 Å². The van der Waals surface area contributed by atoms with Crippen LogP contribution >= 0.6 is 12.4 Å². The van der Waals surface area contributed by atoms with E-state index in [1.165, 1.54) is 0 Å². The summed E-state index contributed by atoms with van der Waals surface area (Å²) in [6, 6.07) is -0.0861. The molecule has 2 fully saturated rings. The third kappa shape index (κ3) is 3.83. The fourth-order valence-corrected chi connectivity index (χ4v) is 2.83. The van der Waals surface area contributed by atoms with Gasteiger partial charge in [-0.25, -0.2) is 0 Å². The van der Waals surface area contributed by atoms with Gasteiger partial charge in [0.25, 0.3) is 0 Å². The van der Waals surface area contributed by atoms with Gasteiger partial charge in [0.05, 0.1) is 0 Å². The van der Waals surface area contributed by atoms with Gasteiger partial charge in [-0.15, -0.1) is 12.4 Å². The molecule has 2 aliphatic rings. The average Bonchev–Trinajstić information content (AvgIpc) is 2.91. The lowest BCUT2D eigenvalue weighted by Gasteiger charge is -2.30. The molecule has 2 amide bonds. The lowest BCUT2D eigenvalue weighted by molar-refractivity contribution is -0.139. The van der Waals surface area contributed by atoms with Crippen LogP contribution in [0.3, 0.4) is 0 Å². The highest BCUT2D eigenvalue weighted by atomic mass is 35.5. The van der Waals surface area contributed by atoms with E-state index in [2.05, 4.69) is 10.6 Å². The largest absolute Gasteiger partial charge is 0.350 e. The molecule has 5 nitrogen and oxygen atoms in total. The molecule has 0 saturated carbocycles.